The molecule has 0 aliphatic rings. The molecule has 0 fully saturated rings. The molecule has 42 valence electrons. The fourth-order valence-electron chi connectivity index (χ4n) is 0.645. The van der Waals surface area contributed by atoms with Crippen LogP contribution in [0.5, 0.6) is 0 Å². The molecule has 1 aromatic carbocycles. The monoisotopic (exact) mass is 190 g/mol. The van der Waals surface area contributed by atoms with Crippen LogP contribution in [0.1, 0.15) is 5.56 Å². The third kappa shape index (κ3) is 3.66. The van der Waals surface area contributed by atoms with Gasteiger partial charge in [0.15, 0.2) is 0 Å². The smallest absolute Gasteiger partial charge is 0.339 e. The first kappa shape index (κ1) is 10.0. The molecule has 1 aromatic rings. The average molecular weight is 191 g/mol. The molecule has 0 atom stereocenters. The van der Waals surface area contributed by atoms with Crippen LogP contribution in [0.15, 0.2) is 30.3 Å². The Hall–Kier alpha value is 1.03. The van der Waals surface area contributed by atoms with Gasteiger partial charge in [-0.2, -0.15) is 6.42 Å². The van der Waals surface area contributed by atoms with E-state index < -0.39 is 0 Å². The third-order valence-corrected chi connectivity index (χ3v) is 1.13. The van der Waals surface area contributed by atoms with Gasteiger partial charge in [-0.3, -0.25) is 0 Å². The van der Waals surface area contributed by atoms with Crippen LogP contribution < -0.4 is 58.2 Å². The van der Waals surface area contributed by atoms with Crippen molar-refractivity contribution in [3.8, 4) is 0 Å². The van der Waals surface area contributed by atoms with E-state index >= 15 is 0 Å². The molecular weight excluding hydrogens is 182 g/mol. The molecule has 1 rings (SSSR count). The summed E-state index contributed by atoms with van der Waals surface area (Å²) in [5.41, 5.74) is 1.30. The summed E-state index contributed by atoms with van der Waals surface area (Å²) < 4.78 is 0. The summed E-state index contributed by atoms with van der Waals surface area (Å²) >= 11 is 0. The molecule has 0 nitrogen and oxygen atoms in total. The van der Waals surface area contributed by atoms with Crippen LogP contribution in [0.3, 0.4) is 0 Å². The summed E-state index contributed by atoms with van der Waals surface area (Å²) in [6.45, 7) is 3.76. The van der Waals surface area contributed by atoms with Crippen molar-refractivity contribution in [2.45, 2.75) is 6.42 Å². The largest absolute Gasteiger partial charge is 1.00 e. The summed E-state index contributed by atoms with van der Waals surface area (Å²) in [7, 11) is 0. The predicted molar refractivity (Wildman–Crippen MR) is 35.5 cm³/mol. The van der Waals surface area contributed by atoms with Crippen LogP contribution in [0.25, 0.3) is 0 Å². The first-order valence-corrected chi connectivity index (χ1v) is 2.76. The zero-order chi connectivity index (χ0) is 5.82. The molecule has 9 heavy (non-hydrogen) atoms. The number of rotatable bonds is 1. The van der Waals surface area contributed by atoms with Gasteiger partial charge in [-0.05, 0) is 0 Å². The second-order valence-electron chi connectivity index (χ2n) is 1.74. The van der Waals surface area contributed by atoms with Gasteiger partial charge in [0, 0.05) is 0 Å². The maximum atomic E-state index is 3.76. The van der Waals surface area contributed by atoms with E-state index in [0.29, 0.717) is 0 Å². The molecule has 1 heteroatoms. The topological polar surface area (TPSA) is 0 Å². The van der Waals surface area contributed by atoms with Crippen LogP contribution in [0, 0.1) is 6.92 Å². The molecule has 0 heterocycles. The summed E-state index contributed by atoms with van der Waals surface area (Å²) in [5, 5.41) is 0. The van der Waals surface area contributed by atoms with Crippen molar-refractivity contribution in [1.29, 1.82) is 0 Å². The zero-order valence-electron chi connectivity index (χ0n) is 5.80. The van der Waals surface area contributed by atoms with E-state index in [4.69, 9.17) is 0 Å². The molecule has 0 radical (unpaired) electrons. The minimum Gasteiger partial charge on any atom is -0.339 e. The minimum atomic E-state index is 0. The molecule has 0 aliphatic heterocycles. The van der Waals surface area contributed by atoms with Crippen molar-refractivity contribution in [1.82, 2.24) is 0 Å². The second-order valence-corrected chi connectivity index (χ2v) is 1.74. The normalized spacial score (nSPS) is 8.11. The van der Waals surface area contributed by atoms with Crippen molar-refractivity contribution >= 4 is 0 Å². The van der Waals surface area contributed by atoms with Crippen LogP contribution in [-0.2, 0) is 6.42 Å². The van der Waals surface area contributed by atoms with E-state index in [1.807, 2.05) is 18.2 Å². The number of hydrogen-bond acceptors (Lipinski definition) is 0. The summed E-state index contributed by atoms with van der Waals surface area (Å²) in [6, 6.07) is 10.2. The number of benzene rings is 1. The molecule has 0 spiro atoms. The Balaban J connectivity index is 0.000000640. The molecule has 0 N–H and O–H groups in total. The van der Waals surface area contributed by atoms with Gasteiger partial charge >= 0.3 is 58.2 Å². The van der Waals surface area contributed by atoms with Crippen molar-refractivity contribution in [3.05, 3.63) is 42.8 Å². The molecule has 0 aliphatic carbocycles. The van der Waals surface area contributed by atoms with E-state index in [9.17, 15) is 0 Å². The fourth-order valence-corrected chi connectivity index (χ4v) is 0.645. The van der Waals surface area contributed by atoms with Gasteiger partial charge in [-0.1, -0.05) is 35.9 Å². The summed E-state index contributed by atoms with van der Waals surface area (Å²) in [4.78, 5) is 0. The van der Waals surface area contributed by atoms with Gasteiger partial charge in [0.1, 0.15) is 0 Å². The average Bonchev–Trinajstić information content (AvgIpc) is 1.90. The van der Waals surface area contributed by atoms with Gasteiger partial charge in [0.05, 0.1) is 0 Å². The van der Waals surface area contributed by atoms with Crippen molar-refractivity contribution in [2.24, 2.45) is 0 Å². The first-order chi connectivity index (χ1) is 3.93. The third-order valence-electron chi connectivity index (χ3n) is 1.13. The van der Waals surface area contributed by atoms with Crippen LogP contribution in [-0.4, -0.2) is 0 Å². The molecule has 0 bridgehead atoms. The Morgan fingerprint density at radius 2 is 1.67 bits per heavy atom. The van der Waals surface area contributed by atoms with Crippen molar-refractivity contribution in [3.63, 3.8) is 0 Å². The maximum Gasteiger partial charge on any atom is 1.00 e. The van der Waals surface area contributed by atoms with Crippen molar-refractivity contribution in [2.75, 3.05) is 0 Å². The Bertz CT molecular complexity index is 146. The molecule has 0 aromatic heterocycles. The Morgan fingerprint density at radius 1 is 1.11 bits per heavy atom. The molecule has 0 saturated carbocycles. The molecule has 0 saturated heterocycles. The Labute approximate surface area is 105 Å². The predicted octanol–water partition coefficient (Wildman–Crippen LogP) is -0.933. The number of hydrogen-bond donors (Lipinski definition) is 0. The summed E-state index contributed by atoms with van der Waals surface area (Å²) in [6.07, 6.45) is 0.890. The van der Waals surface area contributed by atoms with Crippen LogP contribution in [0.2, 0.25) is 0 Å². The Kier molecular flexibility index (Phi) is 6.44. The van der Waals surface area contributed by atoms with E-state index in [-0.39, 0.29) is 58.2 Å². The Morgan fingerprint density at radius 3 is 2.00 bits per heavy atom. The fraction of sp³-hybridized carbons (Fsp3) is 0.125. The maximum absolute atomic E-state index is 3.76. The minimum absolute atomic E-state index is 0. The molecular formula is C8H9Rb. The van der Waals surface area contributed by atoms with Gasteiger partial charge in [0.2, 0.25) is 0 Å². The van der Waals surface area contributed by atoms with E-state index in [1.165, 1.54) is 5.56 Å². The van der Waals surface area contributed by atoms with Crippen LogP contribution in [0.4, 0.5) is 0 Å². The summed E-state index contributed by atoms with van der Waals surface area (Å²) in [5.74, 6) is 0. The van der Waals surface area contributed by atoms with Gasteiger partial charge < -0.3 is 6.92 Å². The van der Waals surface area contributed by atoms with Gasteiger partial charge in [-0.15, -0.1) is 0 Å². The SMILES string of the molecule is [CH2-]Cc1ccccc1.[Rb+]. The molecule has 0 amide bonds. The first-order valence-electron chi connectivity index (χ1n) is 2.76. The second kappa shape index (κ2) is 5.78. The molecule has 0 unspecified atom stereocenters. The van der Waals surface area contributed by atoms with Crippen molar-refractivity contribution < 1.29 is 58.2 Å². The zero-order valence-corrected chi connectivity index (χ0v) is 10.7. The van der Waals surface area contributed by atoms with E-state index in [1.54, 1.807) is 0 Å². The van der Waals surface area contributed by atoms with E-state index in [0.717, 1.165) is 6.42 Å². The van der Waals surface area contributed by atoms with Gasteiger partial charge in [-0.25, -0.2) is 0 Å². The van der Waals surface area contributed by atoms with Gasteiger partial charge in [0.25, 0.3) is 0 Å². The van der Waals surface area contributed by atoms with E-state index in [2.05, 4.69) is 19.1 Å². The standard InChI is InChI=1S/C8H9.Rb/c1-2-8-6-4-3-5-7-8;/h3-7H,1-2H2;/q-1;+1. The van der Waals surface area contributed by atoms with Crippen LogP contribution >= 0.6 is 0 Å². The quantitative estimate of drug-likeness (QED) is 0.502.